The third-order valence-corrected chi connectivity index (χ3v) is 2.50. The molecule has 0 aromatic carbocycles. The second-order valence-electron chi connectivity index (χ2n) is 4.22. The third kappa shape index (κ3) is 4.66. The van der Waals surface area contributed by atoms with Crippen LogP contribution in [0.25, 0.3) is 0 Å². The number of halogens is 4. The molecular weight excluding hydrogens is 322 g/mol. The van der Waals surface area contributed by atoms with Crippen LogP contribution in [0.1, 0.15) is 0 Å². The van der Waals surface area contributed by atoms with Crippen LogP contribution in [-0.4, -0.2) is 41.2 Å². The molecule has 0 N–H and O–H groups in total. The zero-order valence-electron chi connectivity index (χ0n) is 11.7. The van der Waals surface area contributed by atoms with Crippen LogP contribution in [0.5, 0.6) is 23.3 Å². The Kier molecular flexibility index (Phi) is 5.14. The van der Waals surface area contributed by atoms with Crippen molar-refractivity contribution in [2.45, 2.75) is 12.3 Å². The summed E-state index contributed by atoms with van der Waals surface area (Å²) in [6, 6.07) is 4.00. The quantitative estimate of drug-likeness (QED) is 0.726. The Morgan fingerprint density at radius 2 is 1.91 bits per heavy atom. The Morgan fingerprint density at radius 3 is 2.61 bits per heavy atom. The van der Waals surface area contributed by atoms with E-state index >= 15 is 0 Å². The molecule has 2 aromatic heterocycles. The number of pyridine rings is 1. The summed E-state index contributed by atoms with van der Waals surface area (Å²) in [6.45, 7) is -1.50. The molecule has 0 bridgehead atoms. The van der Waals surface area contributed by atoms with Gasteiger partial charge in [-0.25, -0.2) is 13.8 Å². The zero-order valence-corrected chi connectivity index (χ0v) is 11.7. The van der Waals surface area contributed by atoms with E-state index in [1.807, 2.05) is 0 Å². The van der Waals surface area contributed by atoms with Gasteiger partial charge in [-0.2, -0.15) is 13.9 Å². The lowest BCUT2D eigenvalue weighted by Crippen LogP contribution is -2.33. The summed E-state index contributed by atoms with van der Waals surface area (Å²) in [5, 5.41) is 7.32. The van der Waals surface area contributed by atoms with Crippen molar-refractivity contribution in [3.8, 4) is 23.3 Å². The Morgan fingerprint density at radius 1 is 1.17 bits per heavy atom. The molecule has 0 radical (unpaired) electrons. The summed E-state index contributed by atoms with van der Waals surface area (Å²) >= 11 is 0. The standard InChI is InChI=1S/C13H11F4N3O3/c1-21-9-5-11(20-19-6-9)23-8-2-3-18-10(4-8)22-7-13(16,17)12(14)15/h2-6,12H,7H2,1H3. The number of methoxy groups -OCH3 is 1. The van der Waals surface area contributed by atoms with Crippen LogP contribution in [0.3, 0.4) is 0 Å². The van der Waals surface area contributed by atoms with Crippen molar-refractivity contribution in [3.05, 3.63) is 30.6 Å². The highest BCUT2D eigenvalue weighted by molar-refractivity contribution is 5.31. The molecule has 0 spiro atoms. The average molecular weight is 333 g/mol. The predicted octanol–water partition coefficient (Wildman–Crippen LogP) is 2.95. The number of rotatable bonds is 7. The van der Waals surface area contributed by atoms with Crippen LogP contribution in [0, 0.1) is 0 Å². The van der Waals surface area contributed by atoms with Crippen LogP contribution >= 0.6 is 0 Å². The fourth-order valence-electron chi connectivity index (χ4n) is 1.38. The normalized spacial score (nSPS) is 11.4. The van der Waals surface area contributed by atoms with Gasteiger partial charge >= 0.3 is 12.3 Å². The van der Waals surface area contributed by atoms with E-state index in [0.717, 1.165) is 6.07 Å². The fraction of sp³-hybridized carbons (Fsp3) is 0.308. The molecule has 0 saturated heterocycles. The molecule has 0 aliphatic rings. The summed E-state index contributed by atoms with van der Waals surface area (Å²) in [6.07, 6.45) is -1.26. The molecule has 0 fully saturated rings. The highest BCUT2D eigenvalue weighted by Gasteiger charge is 2.41. The summed E-state index contributed by atoms with van der Waals surface area (Å²) < 4.78 is 64.5. The summed E-state index contributed by atoms with van der Waals surface area (Å²) in [5.74, 6) is -3.93. The molecule has 124 valence electrons. The molecule has 10 heteroatoms. The molecule has 2 aromatic rings. The van der Waals surface area contributed by atoms with Gasteiger partial charge in [0.15, 0.2) is 6.61 Å². The highest BCUT2D eigenvalue weighted by atomic mass is 19.3. The van der Waals surface area contributed by atoms with Crippen LogP contribution < -0.4 is 14.2 Å². The molecule has 0 atom stereocenters. The van der Waals surface area contributed by atoms with E-state index < -0.39 is 19.0 Å². The molecule has 0 aliphatic heterocycles. The number of hydrogen-bond acceptors (Lipinski definition) is 6. The van der Waals surface area contributed by atoms with Gasteiger partial charge in [0.25, 0.3) is 0 Å². The first-order chi connectivity index (χ1) is 10.9. The van der Waals surface area contributed by atoms with E-state index in [0.29, 0.717) is 5.75 Å². The Balaban J connectivity index is 2.05. The van der Waals surface area contributed by atoms with Gasteiger partial charge in [-0.15, -0.1) is 5.10 Å². The van der Waals surface area contributed by atoms with E-state index in [1.165, 1.54) is 31.6 Å². The highest BCUT2D eigenvalue weighted by Crippen LogP contribution is 2.26. The van der Waals surface area contributed by atoms with E-state index in [2.05, 4.69) is 19.9 Å². The van der Waals surface area contributed by atoms with Crippen molar-refractivity contribution in [2.75, 3.05) is 13.7 Å². The molecule has 23 heavy (non-hydrogen) atoms. The topological polar surface area (TPSA) is 66.4 Å². The maximum absolute atomic E-state index is 12.8. The lowest BCUT2D eigenvalue weighted by atomic mass is 10.4. The van der Waals surface area contributed by atoms with E-state index in [9.17, 15) is 17.6 Å². The van der Waals surface area contributed by atoms with Gasteiger partial charge in [-0.05, 0) is 6.07 Å². The van der Waals surface area contributed by atoms with Gasteiger partial charge in [0, 0.05) is 18.3 Å². The van der Waals surface area contributed by atoms with Crippen molar-refractivity contribution >= 4 is 0 Å². The van der Waals surface area contributed by atoms with Crippen LogP contribution in [0.2, 0.25) is 0 Å². The first-order valence-electron chi connectivity index (χ1n) is 6.20. The lowest BCUT2D eigenvalue weighted by Gasteiger charge is -2.15. The maximum Gasteiger partial charge on any atom is 0.340 e. The van der Waals surface area contributed by atoms with Gasteiger partial charge in [0.2, 0.25) is 11.8 Å². The number of alkyl halides is 4. The summed E-state index contributed by atoms with van der Waals surface area (Å²) in [4.78, 5) is 3.64. The van der Waals surface area contributed by atoms with E-state index in [4.69, 9.17) is 9.47 Å². The van der Waals surface area contributed by atoms with Gasteiger partial charge in [0.1, 0.15) is 11.5 Å². The molecule has 0 amide bonds. The van der Waals surface area contributed by atoms with Crippen LogP contribution in [0.4, 0.5) is 17.6 Å². The lowest BCUT2D eigenvalue weighted by molar-refractivity contribution is -0.148. The summed E-state index contributed by atoms with van der Waals surface area (Å²) in [5.41, 5.74) is 0. The minimum atomic E-state index is -4.27. The van der Waals surface area contributed by atoms with Crippen molar-refractivity contribution in [3.63, 3.8) is 0 Å². The monoisotopic (exact) mass is 333 g/mol. The van der Waals surface area contributed by atoms with Crippen molar-refractivity contribution in [1.29, 1.82) is 0 Å². The average Bonchev–Trinajstić information content (AvgIpc) is 2.53. The van der Waals surface area contributed by atoms with Crippen LogP contribution in [0.15, 0.2) is 30.6 Å². The SMILES string of the molecule is COc1cnnc(Oc2ccnc(OCC(F)(F)C(F)F)c2)c1. The second kappa shape index (κ2) is 7.07. The van der Waals surface area contributed by atoms with Crippen molar-refractivity contribution < 1.29 is 31.8 Å². The molecule has 6 nitrogen and oxygen atoms in total. The maximum atomic E-state index is 12.8. The molecule has 0 saturated carbocycles. The Hall–Kier alpha value is -2.65. The smallest absolute Gasteiger partial charge is 0.340 e. The largest absolute Gasteiger partial charge is 0.495 e. The second-order valence-corrected chi connectivity index (χ2v) is 4.22. The van der Waals surface area contributed by atoms with E-state index in [-0.39, 0.29) is 17.5 Å². The first-order valence-corrected chi connectivity index (χ1v) is 6.20. The minimum Gasteiger partial charge on any atom is -0.495 e. The minimum absolute atomic E-state index is 0.0828. The van der Waals surface area contributed by atoms with Gasteiger partial charge < -0.3 is 14.2 Å². The van der Waals surface area contributed by atoms with E-state index in [1.54, 1.807) is 0 Å². The fourth-order valence-corrected chi connectivity index (χ4v) is 1.38. The van der Waals surface area contributed by atoms with Crippen molar-refractivity contribution in [1.82, 2.24) is 15.2 Å². The molecule has 2 heterocycles. The van der Waals surface area contributed by atoms with Gasteiger partial charge in [-0.3, -0.25) is 0 Å². The first kappa shape index (κ1) is 16.7. The third-order valence-electron chi connectivity index (χ3n) is 2.50. The molecule has 0 unspecified atom stereocenters. The molecular formula is C13H11F4N3O3. The van der Waals surface area contributed by atoms with Gasteiger partial charge in [0.05, 0.1) is 13.3 Å². The van der Waals surface area contributed by atoms with Crippen molar-refractivity contribution in [2.24, 2.45) is 0 Å². The number of ether oxygens (including phenoxy) is 3. The Bertz CT molecular complexity index is 658. The predicted molar refractivity (Wildman–Crippen MR) is 69.3 cm³/mol. The molecule has 0 aliphatic carbocycles. The number of nitrogens with zero attached hydrogens (tertiary/aromatic N) is 3. The number of aromatic nitrogens is 3. The molecule has 2 rings (SSSR count). The zero-order chi connectivity index (χ0) is 16.9. The Labute approximate surface area is 128 Å². The summed E-state index contributed by atoms with van der Waals surface area (Å²) in [7, 11) is 1.43. The van der Waals surface area contributed by atoms with Gasteiger partial charge in [-0.1, -0.05) is 0 Å². The van der Waals surface area contributed by atoms with Crippen LogP contribution in [-0.2, 0) is 0 Å². The number of hydrogen-bond donors (Lipinski definition) is 0.